The van der Waals surface area contributed by atoms with Gasteiger partial charge in [0.05, 0.1) is 6.54 Å². The summed E-state index contributed by atoms with van der Waals surface area (Å²) in [6, 6.07) is 7.62. The van der Waals surface area contributed by atoms with Crippen molar-refractivity contribution in [2.75, 3.05) is 31.1 Å². The van der Waals surface area contributed by atoms with Crippen LogP contribution in [0.5, 0.6) is 0 Å². The van der Waals surface area contributed by atoms with Crippen LogP contribution in [-0.4, -0.2) is 38.3 Å². The summed E-state index contributed by atoms with van der Waals surface area (Å²) < 4.78 is 36.3. The van der Waals surface area contributed by atoms with Gasteiger partial charge in [-0.1, -0.05) is 18.2 Å². The van der Waals surface area contributed by atoms with Gasteiger partial charge in [0.1, 0.15) is 6.54 Å². The Morgan fingerprint density at radius 2 is 2.10 bits per heavy atom. The minimum atomic E-state index is -4.39. The zero-order chi connectivity index (χ0) is 15.5. The average Bonchev–Trinajstić information content (AvgIpc) is 2.75. The molecule has 0 saturated heterocycles. The van der Waals surface area contributed by atoms with E-state index in [1.807, 2.05) is 29.6 Å². The van der Waals surface area contributed by atoms with Crippen molar-refractivity contribution in [2.45, 2.75) is 18.5 Å². The molecular weight excluding hydrogens is 283 g/mol. The molecule has 0 saturated carbocycles. The number of fused-ring (bicyclic) bond motifs is 1. The molecule has 0 bridgehead atoms. The summed E-state index contributed by atoms with van der Waals surface area (Å²) in [6.07, 6.45) is -3.60. The van der Waals surface area contributed by atoms with Crippen LogP contribution < -0.4 is 16.0 Å². The summed E-state index contributed by atoms with van der Waals surface area (Å²) >= 11 is 0. The first kappa shape index (κ1) is 15.6. The van der Waals surface area contributed by atoms with Gasteiger partial charge in [-0.15, -0.1) is 0 Å². The number of nitrogens with one attached hydrogen (secondary N) is 1. The fourth-order valence-electron chi connectivity index (χ4n) is 2.61. The SMILES string of the molecule is NCCC1CN(CC(=O)NCC(F)(F)F)c2ccccc21. The highest BCUT2D eigenvalue weighted by molar-refractivity contribution is 5.82. The molecule has 0 aliphatic carbocycles. The smallest absolute Gasteiger partial charge is 0.361 e. The van der Waals surface area contributed by atoms with E-state index >= 15 is 0 Å². The van der Waals surface area contributed by atoms with E-state index in [0.717, 1.165) is 17.7 Å². The number of benzene rings is 1. The molecule has 0 fully saturated rings. The number of amides is 1. The molecule has 1 aromatic rings. The maximum Gasteiger partial charge on any atom is 0.405 e. The van der Waals surface area contributed by atoms with E-state index in [9.17, 15) is 18.0 Å². The second-order valence-electron chi connectivity index (χ2n) is 5.11. The van der Waals surface area contributed by atoms with E-state index < -0.39 is 18.6 Å². The Morgan fingerprint density at radius 1 is 1.38 bits per heavy atom. The Kier molecular flexibility index (Phi) is 4.72. The fourth-order valence-corrected chi connectivity index (χ4v) is 2.61. The number of nitrogens with two attached hydrogens (primary N) is 1. The minimum absolute atomic E-state index is 0.0752. The fraction of sp³-hybridized carbons (Fsp3) is 0.500. The number of para-hydroxylation sites is 1. The third kappa shape index (κ3) is 4.10. The molecule has 1 heterocycles. The lowest BCUT2D eigenvalue weighted by Crippen LogP contribution is -2.40. The van der Waals surface area contributed by atoms with Gasteiger partial charge in [0.15, 0.2) is 0 Å². The van der Waals surface area contributed by atoms with Crippen LogP contribution in [0.3, 0.4) is 0 Å². The van der Waals surface area contributed by atoms with Gasteiger partial charge in [-0.2, -0.15) is 13.2 Å². The zero-order valence-electron chi connectivity index (χ0n) is 11.5. The van der Waals surface area contributed by atoms with Crippen molar-refractivity contribution in [1.29, 1.82) is 0 Å². The number of hydrogen-bond acceptors (Lipinski definition) is 3. The molecule has 1 aromatic carbocycles. The first-order valence-corrected chi connectivity index (χ1v) is 6.78. The number of rotatable bonds is 5. The predicted molar refractivity (Wildman–Crippen MR) is 74.1 cm³/mol. The van der Waals surface area contributed by atoms with Crippen LogP contribution in [0.15, 0.2) is 24.3 Å². The molecule has 0 radical (unpaired) electrons. The molecule has 21 heavy (non-hydrogen) atoms. The molecule has 2 rings (SSSR count). The molecule has 1 aliphatic heterocycles. The van der Waals surface area contributed by atoms with E-state index in [4.69, 9.17) is 5.73 Å². The van der Waals surface area contributed by atoms with Crippen molar-refractivity contribution < 1.29 is 18.0 Å². The Bertz CT molecular complexity index is 504. The molecule has 0 spiro atoms. The van der Waals surface area contributed by atoms with Crippen molar-refractivity contribution >= 4 is 11.6 Å². The Morgan fingerprint density at radius 3 is 2.76 bits per heavy atom. The Balaban J connectivity index is 2.00. The lowest BCUT2D eigenvalue weighted by atomic mass is 9.98. The summed E-state index contributed by atoms with van der Waals surface area (Å²) in [7, 11) is 0. The number of alkyl halides is 3. The minimum Gasteiger partial charge on any atom is -0.361 e. The third-order valence-corrected chi connectivity index (χ3v) is 3.49. The zero-order valence-corrected chi connectivity index (χ0v) is 11.5. The van der Waals surface area contributed by atoms with Crippen LogP contribution in [0.2, 0.25) is 0 Å². The number of halogens is 3. The second-order valence-corrected chi connectivity index (χ2v) is 5.11. The van der Waals surface area contributed by atoms with E-state index in [0.29, 0.717) is 13.1 Å². The van der Waals surface area contributed by atoms with Crippen LogP contribution in [0, 0.1) is 0 Å². The van der Waals surface area contributed by atoms with Gasteiger partial charge in [0.25, 0.3) is 0 Å². The molecule has 4 nitrogen and oxygen atoms in total. The molecule has 1 aliphatic rings. The second kappa shape index (κ2) is 6.34. The highest BCUT2D eigenvalue weighted by atomic mass is 19.4. The van der Waals surface area contributed by atoms with Crippen LogP contribution in [0.4, 0.5) is 18.9 Å². The standard InChI is InChI=1S/C14H18F3N3O/c15-14(16,17)9-19-13(21)8-20-7-10(5-6-18)11-3-1-2-4-12(11)20/h1-4,10H,5-9,18H2,(H,19,21). The predicted octanol–water partition coefficient (Wildman–Crippen LogP) is 1.62. The maximum absolute atomic E-state index is 12.1. The van der Waals surface area contributed by atoms with E-state index in [1.54, 1.807) is 4.90 Å². The van der Waals surface area contributed by atoms with Gasteiger partial charge < -0.3 is 16.0 Å². The molecule has 1 amide bonds. The number of carbonyl (C=O) groups is 1. The highest BCUT2D eigenvalue weighted by Gasteiger charge is 2.31. The van der Waals surface area contributed by atoms with E-state index in [2.05, 4.69) is 0 Å². The van der Waals surface area contributed by atoms with E-state index in [1.165, 1.54) is 0 Å². The summed E-state index contributed by atoms with van der Waals surface area (Å²) in [5.74, 6) is -0.405. The van der Waals surface area contributed by atoms with E-state index in [-0.39, 0.29) is 12.5 Å². The van der Waals surface area contributed by atoms with Crippen molar-refractivity contribution in [2.24, 2.45) is 5.73 Å². The Hall–Kier alpha value is -1.76. The summed E-state index contributed by atoms with van der Waals surface area (Å²) in [4.78, 5) is 13.4. The van der Waals surface area contributed by atoms with Gasteiger partial charge in [-0.3, -0.25) is 4.79 Å². The van der Waals surface area contributed by atoms with Gasteiger partial charge >= 0.3 is 6.18 Å². The monoisotopic (exact) mass is 301 g/mol. The van der Waals surface area contributed by atoms with Crippen LogP contribution >= 0.6 is 0 Å². The van der Waals surface area contributed by atoms with Crippen LogP contribution in [0.1, 0.15) is 17.9 Å². The van der Waals surface area contributed by atoms with Crippen molar-refractivity contribution in [1.82, 2.24) is 5.32 Å². The molecule has 116 valence electrons. The van der Waals surface area contributed by atoms with Gasteiger partial charge in [0, 0.05) is 18.2 Å². The highest BCUT2D eigenvalue weighted by Crippen LogP contribution is 2.37. The van der Waals surface area contributed by atoms with Crippen molar-refractivity contribution in [3.63, 3.8) is 0 Å². The molecule has 1 unspecified atom stereocenters. The van der Waals surface area contributed by atoms with Crippen molar-refractivity contribution in [3.05, 3.63) is 29.8 Å². The van der Waals surface area contributed by atoms with Crippen molar-refractivity contribution in [3.8, 4) is 0 Å². The van der Waals surface area contributed by atoms with Gasteiger partial charge in [-0.05, 0) is 24.6 Å². The molecular formula is C14H18F3N3O. The molecule has 0 aromatic heterocycles. The maximum atomic E-state index is 12.1. The topological polar surface area (TPSA) is 58.4 Å². The number of anilines is 1. The molecule has 3 N–H and O–H groups in total. The lowest BCUT2D eigenvalue weighted by Gasteiger charge is -2.19. The quantitative estimate of drug-likeness (QED) is 0.869. The first-order chi connectivity index (χ1) is 9.90. The third-order valence-electron chi connectivity index (χ3n) is 3.49. The number of carbonyl (C=O) groups excluding carboxylic acids is 1. The number of nitrogens with zero attached hydrogens (tertiary/aromatic N) is 1. The van der Waals surface area contributed by atoms with Gasteiger partial charge in [-0.25, -0.2) is 0 Å². The average molecular weight is 301 g/mol. The molecule has 7 heteroatoms. The normalized spacial score (nSPS) is 17.7. The summed E-state index contributed by atoms with van der Waals surface area (Å²) in [5.41, 5.74) is 7.59. The lowest BCUT2D eigenvalue weighted by molar-refractivity contribution is -0.137. The Labute approximate surface area is 121 Å². The first-order valence-electron chi connectivity index (χ1n) is 6.78. The summed E-state index contributed by atoms with van der Waals surface area (Å²) in [5, 5.41) is 1.90. The van der Waals surface area contributed by atoms with Gasteiger partial charge in [0.2, 0.25) is 5.91 Å². The van der Waals surface area contributed by atoms with Crippen LogP contribution in [0.25, 0.3) is 0 Å². The summed E-state index contributed by atoms with van der Waals surface area (Å²) in [6.45, 7) is -0.231. The largest absolute Gasteiger partial charge is 0.405 e. The number of hydrogen-bond donors (Lipinski definition) is 2. The van der Waals surface area contributed by atoms with Crippen LogP contribution in [-0.2, 0) is 4.79 Å². The molecule has 1 atom stereocenters.